The fraction of sp³-hybridized carbons (Fsp3) is 0.500. The molecule has 2 rings (SSSR count). The van der Waals surface area contributed by atoms with Crippen LogP contribution in [0.25, 0.3) is 0 Å². The Balaban J connectivity index is -0.0000000743. The van der Waals surface area contributed by atoms with Gasteiger partial charge in [-0.2, -0.15) is 0 Å². The van der Waals surface area contributed by atoms with E-state index in [9.17, 15) is 0 Å². The molecule has 1 heteroatoms. The van der Waals surface area contributed by atoms with Gasteiger partial charge in [-0.05, 0) is 24.1 Å². The predicted molar refractivity (Wildman–Crippen MR) is 121 cm³/mol. The summed E-state index contributed by atoms with van der Waals surface area (Å²) in [5.41, 5.74) is 1.41. The first kappa shape index (κ1) is 34.6. The van der Waals surface area contributed by atoms with Crippen molar-refractivity contribution >= 4 is 0 Å². The lowest BCUT2D eigenvalue weighted by atomic mass is 10.2. The minimum atomic E-state index is 0. The SMILES string of the molecule is C.CC.CC.CC.CC.CCc1ccccc1.COc1ccccc1. The summed E-state index contributed by atoms with van der Waals surface area (Å²) >= 11 is 0. The molecular weight excluding hydrogens is 304 g/mol. The van der Waals surface area contributed by atoms with Crippen LogP contribution in [-0.2, 0) is 6.42 Å². The van der Waals surface area contributed by atoms with Gasteiger partial charge in [0.1, 0.15) is 5.75 Å². The molecule has 0 saturated carbocycles. The van der Waals surface area contributed by atoms with E-state index in [0.717, 1.165) is 12.2 Å². The van der Waals surface area contributed by atoms with Gasteiger partial charge in [0.05, 0.1) is 7.11 Å². The van der Waals surface area contributed by atoms with Crippen LogP contribution in [0, 0.1) is 0 Å². The van der Waals surface area contributed by atoms with E-state index in [1.54, 1.807) is 7.11 Å². The zero-order valence-corrected chi connectivity index (χ0v) is 17.9. The van der Waals surface area contributed by atoms with Crippen LogP contribution in [-0.4, -0.2) is 7.11 Å². The summed E-state index contributed by atoms with van der Waals surface area (Å²) in [4.78, 5) is 0. The Morgan fingerprint density at radius 3 is 1.12 bits per heavy atom. The maximum atomic E-state index is 4.91. The van der Waals surface area contributed by atoms with Crippen LogP contribution in [0.5, 0.6) is 5.75 Å². The van der Waals surface area contributed by atoms with E-state index >= 15 is 0 Å². The van der Waals surface area contributed by atoms with Gasteiger partial charge in [-0.3, -0.25) is 0 Å². The third-order valence-corrected chi connectivity index (χ3v) is 2.23. The summed E-state index contributed by atoms with van der Waals surface area (Å²) in [7, 11) is 1.66. The van der Waals surface area contributed by atoms with Crippen LogP contribution < -0.4 is 4.74 Å². The molecule has 1 nitrogen and oxygen atoms in total. The standard InChI is InChI=1S/C8H10.C7H8O.4C2H6.CH4/c1-2-8-6-4-3-5-7-8;1-8-7-5-3-2-4-6-7;4*1-2;/h3-7H,2H2,1H3;2-6H,1H3;4*1-2H3;1H4. The summed E-state index contributed by atoms with van der Waals surface area (Å²) in [6.45, 7) is 18.2. The van der Waals surface area contributed by atoms with Crippen molar-refractivity contribution in [2.45, 2.75) is 76.2 Å². The minimum absolute atomic E-state index is 0. The molecule has 0 amide bonds. The van der Waals surface area contributed by atoms with E-state index in [2.05, 4.69) is 31.2 Å². The molecule has 2 aromatic rings. The lowest BCUT2D eigenvalue weighted by Gasteiger charge is -1.93. The zero-order chi connectivity index (χ0) is 19.6. The second-order valence-corrected chi connectivity index (χ2v) is 3.36. The minimum Gasteiger partial charge on any atom is -0.497 e. The van der Waals surface area contributed by atoms with Crippen molar-refractivity contribution in [1.82, 2.24) is 0 Å². The summed E-state index contributed by atoms with van der Waals surface area (Å²) in [5.74, 6) is 0.910. The Kier molecular flexibility index (Phi) is 52.6. The van der Waals surface area contributed by atoms with Crippen molar-refractivity contribution in [2.75, 3.05) is 7.11 Å². The molecule has 0 aliphatic carbocycles. The number of ether oxygens (including phenoxy) is 1. The van der Waals surface area contributed by atoms with E-state index < -0.39 is 0 Å². The summed E-state index contributed by atoms with van der Waals surface area (Å²) in [6, 6.07) is 20.1. The summed E-state index contributed by atoms with van der Waals surface area (Å²) in [6.07, 6.45) is 1.14. The van der Waals surface area contributed by atoms with Crippen molar-refractivity contribution in [3.8, 4) is 5.75 Å². The number of hydrogen-bond donors (Lipinski definition) is 0. The number of para-hydroxylation sites is 1. The molecule has 148 valence electrons. The second-order valence-electron chi connectivity index (χ2n) is 3.36. The number of hydrogen-bond acceptors (Lipinski definition) is 1. The monoisotopic (exact) mass is 350 g/mol. The van der Waals surface area contributed by atoms with Gasteiger partial charge in [0, 0.05) is 0 Å². The van der Waals surface area contributed by atoms with Crippen LogP contribution in [0.1, 0.15) is 75.3 Å². The highest BCUT2D eigenvalue weighted by molar-refractivity contribution is 5.20. The smallest absolute Gasteiger partial charge is 0.118 e. The van der Waals surface area contributed by atoms with E-state index in [0.29, 0.717) is 0 Å². The Morgan fingerprint density at radius 2 is 0.920 bits per heavy atom. The van der Waals surface area contributed by atoms with Gasteiger partial charge in [0.15, 0.2) is 0 Å². The largest absolute Gasteiger partial charge is 0.497 e. The van der Waals surface area contributed by atoms with E-state index in [1.165, 1.54) is 5.56 Å². The predicted octanol–water partition coefficient (Wildman–Crippen LogP) is 8.69. The lowest BCUT2D eigenvalue weighted by Crippen LogP contribution is -1.78. The lowest BCUT2D eigenvalue weighted by molar-refractivity contribution is 0.415. The van der Waals surface area contributed by atoms with Gasteiger partial charge >= 0.3 is 0 Å². The fourth-order valence-electron chi connectivity index (χ4n) is 1.27. The first-order chi connectivity index (χ1) is 11.9. The van der Waals surface area contributed by atoms with Crippen LogP contribution in [0.4, 0.5) is 0 Å². The molecule has 0 spiro atoms. The highest BCUT2D eigenvalue weighted by Crippen LogP contribution is 2.05. The molecule has 0 atom stereocenters. The second kappa shape index (κ2) is 38.0. The highest BCUT2D eigenvalue weighted by atomic mass is 16.5. The molecule has 0 unspecified atom stereocenters. The van der Waals surface area contributed by atoms with E-state index in [-0.39, 0.29) is 7.43 Å². The number of methoxy groups -OCH3 is 1. The molecule has 2 aromatic carbocycles. The third-order valence-electron chi connectivity index (χ3n) is 2.23. The topological polar surface area (TPSA) is 9.23 Å². The van der Waals surface area contributed by atoms with Crippen molar-refractivity contribution in [3.05, 3.63) is 66.2 Å². The summed E-state index contributed by atoms with van der Waals surface area (Å²) in [5, 5.41) is 0. The Morgan fingerprint density at radius 1 is 0.600 bits per heavy atom. The van der Waals surface area contributed by atoms with Gasteiger partial charge in [-0.25, -0.2) is 0 Å². The van der Waals surface area contributed by atoms with Crippen LogP contribution >= 0.6 is 0 Å². The van der Waals surface area contributed by atoms with Crippen molar-refractivity contribution < 1.29 is 4.74 Å². The van der Waals surface area contributed by atoms with Gasteiger partial charge in [-0.1, -0.05) is 118 Å². The maximum absolute atomic E-state index is 4.91. The molecule has 0 bridgehead atoms. The van der Waals surface area contributed by atoms with Crippen LogP contribution in [0.15, 0.2) is 60.7 Å². The van der Waals surface area contributed by atoms with Crippen molar-refractivity contribution in [3.63, 3.8) is 0 Å². The molecule has 0 aromatic heterocycles. The van der Waals surface area contributed by atoms with Gasteiger partial charge in [0.2, 0.25) is 0 Å². The molecule has 0 N–H and O–H groups in total. The molecule has 0 saturated heterocycles. The Hall–Kier alpha value is -1.76. The van der Waals surface area contributed by atoms with Crippen LogP contribution in [0.3, 0.4) is 0 Å². The first-order valence-corrected chi connectivity index (χ1v) is 9.49. The third kappa shape index (κ3) is 27.4. The van der Waals surface area contributed by atoms with Crippen molar-refractivity contribution in [1.29, 1.82) is 0 Å². The van der Waals surface area contributed by atoms with Crippen molar-refractivity contribution in [2.24, 2.45) is 0 Å². The molecule has 0 aliphatic heterocycles. The Bertz CT molecular complexity index is 328. The molecule has 0 aliphatic rings. The normalized spacial score (nSPS) is 6.64. The fourth-order valence-corrected chi connectivity index (χ4v) is 1.27. The molecule has 0 radical (unpaired) electrons. The quantitative estimate of drug-likeness (QED) is 0.526. The molecule has 0 fully saturated rings. The average molecular weight is 351 g/mol. The number of aryl methyl sites for hydroxylation is 1. The van der Waals surface area contributed by atoms with Crippen LogP contribution in [0.2, 0.25) is 0 Å². The Labute approximate surface area is 160 Å². The van der Waals surface area contributed by atoms with Gasteiger partial charge < -0.3 is 4.74 Å². The first-order valence-electron chi connectivity index (χ1n) is 9.49. The highest BCUT2D eigenvalue weighted by Gasteiger charge is 1.80. The number of benzene rings is 2. The van der Waals surface area contributed by atoms with Gasteiger partial charge in [0.25, 0.3) is 0 Å². The molecular formula is C24H46O. The molecule has 25 heavy (non-hydrogen) atoms. The molecule has 0 heterocycles. The average Bonchev–Trinajstić information content (AvgIpc) is 2.75. The van der Waals surface area contributed by atoms with Gasteiger partial charge in [-0.15, -0.1) is 0 Å². The summed E-state index contributed by atoms with van der Waals surface area (Å²) < 4.78 is 4.91. The maximum Gasteiger partial charge on any atom is 0.118 e. The zero-order valence-electron chi connectivity index (χ0n) is 17.9. The van der Waals surface area contributed by atoms with E-state index in [4.69, 9.17) is 4.74 Å². The van der Waals surface area contributed by atoms with E-state index in [1.807, 2.05) is 91.8 Å². The number of rotatable bonds is 2.